The molecule has 0 aromatic heterocycles. The molecule has 0 spiro atoms. The maximum atomic E-state index is 5.99. The molecule has 1 aromatic carbocycles. The van der Waals surface area contributed by atoms with E-state index >= 15 is 0 Å². The van der Waals surface area contributed by atoms with E-state index in [4.69, 9.17) is 13.3 Å². The zero-order valence-corrected chi connectivity index (χ0v) is 18.1. The van der Waals surface area contributed by atoms with Gasteiger partial charge < -0.3 is 23.1 Å². The van der Waals surface area contributed by atoms with Crippen molar-refractivity contribution in [3.05, 3.63) is 42.2 Å². The smallest absolute Gasteiger partial charge is 0.370 e. The van der Waals surface area contributed by atoms with Crippen LogP contribution < -0.4 is 5.19 Å². The summed E-state index contributed by atoms with van der Waals surface area (Å²) < 4.78 is 18.0. The molecule has 0 amide bonds. The Morgan fingerprint density at radius 1 is 0.885 bits per heavy atom. The van der Waals surface area contributed by atoms with E-state index in [2.05, 4.69) is 67.2 Å². The summed E-state index contributed by atoms with van der Waals surface area (Å²) in [5.74, 6) is 0. The lowest BCUT2D eigenvalue weighted by Crippen LogP contribution is -2.56. The highest BCUT2D eigenvalue weighted by molar-refractivity contribution is 6.75. The van der Waals surface area contributed by atoms with Crippen molar-refractivity contribution in [1.29, 1.82) is 0 Å². The van der Waals surface area contributed by atoms with Gasteiger partial charge in [-0.15, -0.1) is 0 Å². The maximum absolute atomic E-state index is 5.99. The Morgan fingerprint density at radius 3 is 1.85 bits per heavy atom. The van der Waals surface area contributed by atoms with Crippen molar-refractivity contribution in [1.82, 2.24) is 9.80 Å². The quantitative estimate of drug-likeness (QED) is 0.616. The Hall–Kier alpha value is -1.34. The van der Waals surface area contributed by atoms with Crippen LogP contribution in [0.25, 0.3) is 0 Å². The van der Waals surface area contributed by atoms with Gasteiger partial charge in [0, 0.05) is 49.5 Å². The average molecular weight is 379 g/mol. The molecule has 0 fully saturated rings. The predicted molar refractivity (Wildman–Crippen MR) is 108 cm³/mol. The topological polar surface area (TPSA) is 34.2 Å². The number of rotatable bonds is 9. The lowest BCUT2D eigenvalue weighted by molar-refractivity contribution is 0.0859. The minimum Gasteiger partial charge on any atom is -0.370 e. The summed E-state index contributed by atoms with van der Waals surface area (Å²) in [6.07, 6.45) is 4.34. The molecular formula is C20H34N2O3Si. The van der Waals surface area contributed by atoms with Crippen LogP contribution in [0.5, 0.6) is 0 Å². The minimum absolute atomic E-state index is 0.146. The fourth-order valence-electron chi connectivity index (χ4n) is 3.00. The molecule has 5 nitrogen and oxygen atoms in total. The van der Waals surface area contributed by atoms with Crippen LogP contribution in [0.1, 0.15) is 47.1 Å². The molecular weight excluding hydrogens is 344 g/mol. The van der Waals surface area contributed by atoms with Gasteiger partial charge in [-0.05, 0) is 47.1 Å². The molecule has 1 heterocycles. The molecule has 1 aliphatic heterocycles. The fourth-order valence-corrected chi connectivity index (χ4v) is 5.46. The van der Waals surface area contributed by atoms with Gasteiger partial charge in [-0.3, -0.25) is 0 Å². The summed E-state index contributed by atoms with van der Waals surface area (Å²) in [5.41, 5.74) is 1.41. The third kappa shape index (κ3) is 5.10. The number of hydrogen-bond acceptors (Lipinski definition) is 5. The molecule has 0 N–H and O–H groups in total. The van der Waals surface area contributed by atoms with Crippen LogP contribution in [-0.4, -0.2) is 50.6 Å². The van der Waals surface area contributed by atoms with Crippen molar-refractivity contribution in [2.75, 3.05) is 26.5 Å². The Kier molecular flexibility index (Phi) is 7.29. The van der Waals surface area contributed by atoms with E-state index in [9.17, 15) is 0 Å². The monoisotopic (exact) mass is 378 g/mol. The summed E-state index contributed by atoms with van der Waals surface area (Å²) in [6, 6.07) is 8.51. The molecule has 1 aliphatic rings. The third-order valence-corrected chi connectivity index (χ3v) is 7.40. The van der Waals surface area contributed by atoms with Crippen LogP contribution in [0.3, 0.4) is 0 Å². The summed E-state index contributed by atoms with van der Waals surface area (Å²) in [5, 5.41) is 1.03. The van der Waals surface area contributed by atoms with Crippen LogP contribution in [0.15, 0.2) is 36.7 Å². The van der Waals surface area contributed by atoms with Gasteiger partial charge in [0.05, 0.1) is 6.67 Å². The maximum Gasteiger partial charge on any atom is 0.537 e. The van der Waals surface area contributed by atoms with Crippen molar-refractivity contribution in [2.24, 2.45) is 0 Å². The standard InChI is InChI=1S/C20H34N2O3Si/c1-7-23-26(24-8-2,25-9-3)19-12-10-18(11-13-19)16-21-14-15-22(17-21)20(4,5)6/h10-15H,7-9,16-17H2,1-6H3. The van der Waals surface area contributed by atoms with Crippen LogP contribution in [0.4, 0.5) is 0 Å². The van der Waals surface area contributed by atoms with Crippen LogP contribution >= 0.6 is 0 Å². The normalized spacial score (nSPS) is 15.2. The summed E-state index contributed by atoms with van der Waals surface area (Å²) in [6.45, 7) is 16.2. The van der Waals surface area contributed by atoms with Crippen LogP contribution in [0, 0.1) is 0 Å². The number of benzene rings is 1. The van der Waals surface area contributed by atoms with E-state index in [1.165, 1.54) is 5.56 Å². The molecule has 0 atom stereocenters. The summed E-state index contributed by atoms with van der Waals surface area (Å²) in [7, 11) is -2.81. The first-order valence-electron chi connectivity index (χ1n) is 9.55. The molecule has 0 saturated heterocycles. The largest absolute Gasteiger partial charge is 0.537 e. The van der Waals surface area contributed by atoms with Crippen molar-refractivity contribution in [3.63, 3.8) is 0 Å². The molecule has 0 aliphatic carbocycles. The molecule has 0 radical (unpaired) electrons. The average Bonchev–Trinajstić information content (AvgIpc) is 3.05. The second-order valence-electron chi connectivity index (χ2n) is 7.38. The molecule has 6 heteroatoms. The summed E-state index contributed by atoms with van der Waals surface area (Å²) >= 11 is 0. The van der Waals surface area contributed by atoms with Gasteiger partial charge >= 0.3 is 8.80 Å². The third-order valence-electron chi connectivity index (χ3n) is 4.35. The molecule has 0 saturated carbocycles. The zero-order chi connectivity index (χ0) is 19.2. The Morgan fingerprint density at radius 2 is 1.42 bits per heavy atom. The van der Waals surface area contributed by atoms with Gasteiger partial charge in [0.1, 0.15) is 0 Å². The van der Waals surface area contributed by atoms with E-state index < -0.39 is 8.80 Å². The SMILES string of the molecule is CCO[Si](OCC)(OCC)c1ccc(CN2C=CN(C(C)(C)C)C2)cc1. The molecule has 1 aromatic rings. The first-order valence-corrected chi connectivity index (χ1v) is 11.3. The van der Waals surface area contributed by atoms with Gasteiger partial charge in [0.2, 0.25) is 0 Å². The first kappa shape index (κ1) is 21.0. The predicted octanol–water partition coefficient (Wildman–Crippen LogP) is 3.29. The summed E-state index contributed by atoms with van der Waals surface area (Å²) in [4.78, 5) is 4.66. The van der Waals surface area contributed by atoms with E-state index in [0.29, 0.717) is 19.8 Å². The number of hydrogen-bond donors (Lipinski definition) is 0. The molecule has 0 unspecified atom stereocenters. The molecule has 2 rings (SSSR count). The Balaban J connectivity index is 2.08. The van der Waals surface area contributed by atoms with Gasteiger partial charge in [-0.1, -0.05) is 24.3 Å². The van der Waals surface area contributed by atoms with E-state index in [1.807, 2.05) is 20.8 Å². The molecule has 0 bridgehead atoms. The Labute approximate surface area is 159 Å². The van der Waals surface area contributed by atoms with Crippen molar-refractivity contribution >= 4 is 14.0 Å². The highest BCUT2D eigenvalue weighted by Crippen LogP contribution is 2.21. The van der Waals surface area contributed by atoms with E-state index in [-0.39, 0.29) is 5.54 Å². The second-order valence-corrected chi connectivity index (χ2v) is 9.93. The molecule has 146 valence electrons. The van der Waals surface area contributed by atoms with Crippen molar-refractivity contribution in [3.8, 4) is 0 Å². The lowest BCUT2D eigenvalue weighted by Gasteiger charge is -2.33. The van der Waals surface area contributed by atoms with Crippen molar-refractivity contribution < 1.29 is 13.3 Å². The van der Waals surface area contributed by atoms with Gasteiger partial charge in [0.15, 0.2) is 0 Å². The lowest BCUT2D eigenvalue weighted by atomic mass is 10.1. The Bertz CT molecular complexity index is 567. The fraction of sp³-hybridized carbons (Fsp3) is 0.600. The van der Waals surface area contributed by atoms with E-state index in [1.54, 1.807) is 0 Å². The van der Waals surface area contributed by atoms with Gasteiger partial charge in [0.25, 0.3) is 0 Å². The highest BCUT2D eigenvalue weighted by atomic mass is 28.4. The second kappa shape index (κ2) is 9.04. The minimum atomic E-state index is -2.81. The van der Waals surface area contributed by atoms with Gasteiger partial charge in [-0.25, -0.2) is 0 Å². The first-order chi connectivity index (χ1) is 12.3. The van der Waals surface area contributed by atoms with Crippen LogP contribution in [0.2, 0.25) is 0 Å². The number of nitrogens with zero attached hydrogens (tertiary/aromatic N) is 2. The zero-order valence-electron chi connectivity index (χ0n) is 17.1. The van der Waals surface area contributed by atoms with Gasteiger partial charge in [-0.2, -0.15) is 0 Å². The van der Waals surface area contributed by atoms with Crippen LogP contribution in [-0.2, 0) is 19.8 Å². The molecule has 26 heavy (non-hydrogen) atoms. The van der Waals surface area contributed by atoms with Crippen molar-refractivity contribution in [2.45, 2.75) is 53.6 Å². The van der Waals surface area contributed by atoms with E-state index in [0.717, 1.165) is 18.4 Å². The highest BCUT2D eigenvalue weighted by Gasteiger charge is 2.43.